The van der Waals surface area contributed by atoms with Crippen molar-refractivity contribution in [1.29, 1.82) is 0 Å². The Morgan fingerprint density at radius 1 is 1.15 bits per heavy atom. The summed E-state index contributed by atoms with van der Waals surface area (Å²) in [5, 5.41) is 5.84. The van der Waals surface area contributed by atoms with E-state index in [1.807, 2.05) is 24.3 Å². The van der Waals surface area contributed by atoms with Gasteiger partial charge in [0.2, 0.25) is 10.3 Å². The number of fused-ring (bicyclic) bond motifs is 1. The van der Waals surface area contributed by atoms with Crippen molar-refractivity contribution in [2.45, 2.75) is 0 Å². The monoisotopic (exact) mass is 196 g/mol. The number of hydrogen-bond donors (Lipinski definition) is 2. The van der Waals surface area contributed by atoms with Crippen LogP contribution in [0.15, 0.2) is 24.3 Å². The van der Waals surface area contributed by atoms with E-state index in [-0.39, 0.29) is 4.99 Å². The summed E-state index contributed by atoms with van der Waals surface area (Å²) in [4.78, 5) is 0.277. The molecular weight excluding hydrogens is 188 g/mol. The standard InChI is InChI=1S/C8H8N2O2S/c11-13(12)8-5-9-6-3-1-2-4-7(6)10-8/h1-4,9-10H,5H2. The van der Waals surface area contributed by atoms with E-state index in [1.54, 1.807) is 0 Å². The zero-order chi connectivity index (χ0) is 9.26. The summed E-state index contributed by atoms with van der Waals surface area (Å²) >= 11 is 0. The zero-order valence-electron chi connectivity index (χ0n) is 6.74. The van der Waals surface area contributed by atoms with Crippen molar-refractivity contribution in [3.05, 3.63) is 24.3 Å². The highest BCUT2D eigenvalue weighted by atomic mass is 32.2. The lowest BCUT2D eigenvalue weighted by Crippen LogP contribution is -2.28. The van der Waals surface area contributed by atoms with E-state index in [4.69, 9.17) is 0 Å². The lowest BCUT2D eigenvalue weighted by molar-refractivity contribution is 0.627. The van der Waals surface area contributed by atoms with Gasteiger partial charge in [-0.1, -0.05) is 12.1 Å². The van der Waals surface area contributed by atoms with E-state index < -0.39 is 10.3 Å². The van der Waals surface area contributed by atoms with Crippen LogP contribution in [0.25, 0.3) is 0 Å². The Kier molecular flexibility index (Phi) is 1.94. The third-order valence-electron chi connectivity index (χ3n) is 1.84. The van der Waals surface area contributed by atoms with Crippen LogP contribution in [-0.2, 0) is 10.3 Å². The molecule has 5 heteroatoms. The van der Waals surface area contributed by atoms with E-state index >= 15 is 0 Å². The second-order valence-electron chi connectivity index (χ2n) is 2.68. The first-order valence-corrected chi connectivity index (χ1v) is 4.90. The summed E-state index contributed by atoms with van der Waals surface area (Å²) in [6.07, 6.45) is 0. The van der Waals surface area contributed by atoms with Crippen molar-refractivity contribution in [3.8, 4) is 0 Å². The van der Waals surface area contributed by atoms with Gasteiger partial charge in [-0.15, -0.1) is 0 Å². The maximum absolute atomic E-state index is 10.6. The van der Waals surface area contributed by atoms with E-state index in [9.17, 15) is 8.42 Å². The van der Waals surface area contributed by atoms with Gasteiger partial charge in [-0.05, 0) is 12.1 Å². The first kappa shape index (κ1) is 8.12. The average molecular weight is 196 g/mol. The Morgan fingerprint density at radius 3 is 2.54 bits per heavy atom. The predicted octanol–water partition coefficient (Wildman–Crippen LogP) is 0.533. The van der Waals surface area contributed by atoms with Gasteiger partial charge in [0, 0.05) is 0 Å². The van der Waals surface area contributed by atoms with Crippen LogP contribution in [0.3, 0.4) is 0 Å². The molecule has 1 aromatic carbocycles. The first-order valence-electron chi connectivity index (χ1n) is 3.82. The molecule has 1 aliphatic rings. The van der Waals surface area contributed by atoms with Gasteiger partial charge in [-0.25, -0.2) is 0 Å². The Balaban J connectivity index is 2.46. The highest BCUT2D eigenvalue weighted by molar-refractivity contribution is 7.73. The smallest absolute Gasteiger partial charge is 0.235 e. The molecule has 0 saturated carbocycles. The van der Waals surface area contributed by atoms with E-state index in [2.05, 4.69) is 10.6 Å². The molecule has 1 aromatic rings. The van der Waals surface area contributed by atoms with Crippen molar-refractivity contribution in [2.75, 3.05) is 17.2 Å². The number of benzene rings is 1. The predicted molar refractivity (Wildman–Crippen MR) is 52.5 cm³/mol. The van der Waals surface area contributed by atoms with Crippen LogP contribution in [0.4, 0.5) is 11.4 Å². The average Bonchev–Trinajstić information content (AvgIpc) is 2.17. The molecule has 0 bridgehead atoms. The maximum Gasteiger partial charge on any atom is 0.235 e. The fraction of sp³-hybridized carbons (Fsp3) is 0.125. The molecule has 0 aliphatic carbocycles. The van der Waals surface area contributed by atoms with Crippen LogP contribution in [0.5, 0.6) is 0 Å². The normalized spacial score (nSPS) is 14.0. The van der Waals surface area contributed by atoms with Crippen LogP contribution in [0, 0.1) is 0 Å². The quantitative estimate of drug-likeness (QED) is 0.594. The van der Waals surface area contributed by atoms with Crippen molar-refractivity contribution >= 4 is 26.7 Å². The number of hydrogen-bond acceptors (Lipinski definition) is 3. The fourth-order valence-corrected chi connectivity index (χ4v) is 1.60. The van der Waals surface area contributed by atoms with Gasteiger partial charge >= 0.3 is 0 Å². The molecule has 2 rings (SSSR count). The van der Waals surface area contributed by atoms with Crippen molar-refractivity contribution < 1.29 is 8.42 Å². The van der Waals surface area contributed by atoms with Gasteiger partial charge in [-0.3, -0.25) is 0 Å². The highest BCUT2D eigenvalue weighted by Gasteiger charge is 2.11. The molecule has 0 fully saturated rings. The Labute approximate surface area is 77.1 Å². The largest absolute Gasteiger partial charge is 0.377 e. The number of para-hydroxylation sites is 2. The topological polar surface area (TPSA) is 58.2 Å². The second kappa shape index (κ2) is 3.10. The highest BCUT2D eigenvalue weighted by Crippen LogP contribution is 2.23. The van der Waals surface area contributed by atoms with Gasteiger partial charge in [0.1, 0.15) is 0 Å². The van der Waals surface area contributed by atoms with Crippen LogP contribution in [0.1, 0.15) is 0 Å². The fourth-order valence-electron chi connectivity index (χ4n) is 1.22. The van der Waals surface area contributed by atoms with Crippen LogP contribution >= 0.6 is 0 Å². The molecule has 0 unspecified atom stereocenters. The van der Waals surface area contributed by atoms with Crippen LogP contribution in [-0.4, -0.2) is 20.0 Å². The minimum absolute atomic E-state index is 0.277. The third kappa shape index (κ3) is 1.50. The first-order chi connectivity index (χ1) is 6.27. The van der Waals surface area contributed by atoms with Crippen molar-refractivity contribution in [3.63, 3.8) is 0 Å². The molecule has 0 atom stereocenters. The molecule has 68 valence electrons. The van der Waals surface area contributed by atoms with Gasteiger partial charge in [-0.2, -0.15) is 8.42 Å². The summed E-state index contributed by atoms with van der Waals surface area (Å²) in [7, 11) is -2.17. The molecule has 1 heterocycles. The molecule has 0 radical (unpaired) electrons. The van der Waals surface area contributed by atoms with Gasteiger partial charge in [0.15, 0.2) is 4.99 Å². The molecule has 13 heavy (non-hydrogen) atoms. The van der Waals surface area contributed by atoms with E-state index in [0.29, 0.717) is 6.54 Å². The number of rotatable bonds is 0. The van der Waals surface area contributed by atoms with Crippen molar-refractivity contribution in [2.24, 2.45) is 0 Å². The van der Waals surface area contributed by atoms with E-state index in [1.165, 1.54) is 0 Å². The molecular formula is C8H8N2O2S. The molecule has 4 nitrogen and oxygen atoms in total. The lowest BCUT2D eigenvalue weighted by Gasteiger charge is -2.19. The molecule has 0 amide bonds. The summed E-state index contributed by atoms with van der Waals surface area (Å²) in [6.45, 7) is 0.327. The van der Waals surface area contributed by atoms with Crippen LogP contribution < -0.4 is 10.6 Å². The molecule has 0 spiro atoms. The van der Waals surface area contributed by atoms with Crippen molar-refractivity contribution in [1.82, 2.24) is 0 Å². The number of anilines is 2. The lowest BCUT2D eigenvalue weighted by atomic mass is 10.2. The summed E-state index contributed by atoms with van der Waals surface area (Å²) in [5.41, 5.74) is 1.73. The Bertz CT molecular complexity index is 457. The number of nitrogens with one attached hydrogen (secondary N) is 2. The molecule has 0 saturated heterocycles. The van der Waals surface area contributed by atoms with Gasteiger partial charge < -0.3 is 10.6 Å². The zero-order valence-corrected chi connectivity index (χ0v) is 7.56. The molecule has 0 aromatic heterocycles. The Morgan fingerprint density at radius 2 is 1.85 bits per heavy atom. The van der Waals surface area contributed by atoms with Crippen LogP contribution in [0.2, 0.25) is 0 Å². The second-order valence-corrected chi connectivity index (χ2v) is 3.64. The van der Waals surface area contributed by atoms with Gasteiger partial charge in [0.25, 0.3) is 0 Å². The Hall–Kier alpha value is -1.49. The van der Waals surface area contributed by atoms with Gasteiger partial charge in [0.05, 0.1) is 17.9 Å². The summed E-state index contributed by atoms with van der Waals surface area (Å²) < 4.78 is 21.2. The summed E-state index contributed by atoms with van der Waals surface area (Å²) in [5.74, 6) is 0. The minimum atomic E-state index is -2.17. The van der Waals surface area contributed by atoms with E-state index in [0.717, 1.165) is 11.4 Å². The third-order valence-corrected chi connectivity index (χ3v) is 2.49. The molecule has 1 aliphatic heterocycles. The minimum Gasteiger partial charge on any atom is -0.377 e. The molecule has 2 N–H and O–H groups in total. The SMILES string of the molecule is O=S(=O)=C1CNc2ccccc2N1. The summed E-state index contributed by atoms with van der Waals surface area (Å²) in [6, 6.07) is 7.47. The maximum atomic E-state index is 10.6.